The highest BCUT2D eigenvalue weighted by Crippen LogP contribution is 2.30. The Balaban J connectivity index is 2.25. The lowest BCUT2D eigenvalue weighted by Gasteiger charge is -2.15. The number of carbonyl (C=O) groups excluding carboxylic acids is 1. The van der Waals surface area contributed by atoms with Gasteiger partial charge in [0.05, 0.1) is 7.11 Å². The van der Waals surface area contributed by atoms with Crippen LogP contribution >= 0.6 is 0 Å². The maximum atomic E-state index is 11.2. The topological polar surface area (TPSA) is 38.3 Å². The van der Waals surface area contributed by atoms with Gasteiger partial charge in [-0.15, -0.1) is 0 Å². The average molecular weight is 205 g/mol. The van der Waals surface area contributed by atoms with E-state index in [0.29, 0.717) is 6.42 Å². The first kappa shape index (κ1) is 10.0. The molecule has 3 heteroatoms. The average Bonchev–Trinajstić information content (AvgIpc) is 2.58. The van der Waals surface area contributed by atoms with E-state index in [1.54, 1.807) is 7.11 Å². The maximum absolute atomic E-state index is 11.2. The molecule has 80 valence electrons. The minimum Gasteiger partial charge on any atom is -0.497 e. The van der Waals surface area contributed by atoms with E-state index in [9.17, 15) is 4.79 Å². The van der Waals surface area contributed by atoms with Crippen LogP contribution in [0, 0.1) is 0 Å². The monoisotopic (exact) mass is 205 g/mol. The van der Waals surface area contributed by atoms with E-state index in [2.05, 4.69) is 5.32 Å². The molecule has 1 aliphatic rings. The highest BCUT2D eigenvalue weighted by molar-refractivity contribution is 5.80. The second-order valence-electron chi connectivity index (χ2n) is 3.94. The molecule has 1 aromatic rings. The van der Waals surface area contributed by atoms with Crippen molar-refractivity contribution in [2.45, 2.75) is 25.3 Å². The number of benzene rings is 1. The van der Waals surface area contributed by atoms with E-state index < -0.39 is 0 Å². The standard InChI is InChI=1S/C12H15NO2/c1-8-11(7-12(14)13-8)9-4-3-5-10(6-9)15-2/h3-6,8,11H,7H2,1-2H3,(H,13,14). The summed E-state index contributed by atoms with van der Waals surface area (Å²) in [6.07, 6.45) is 0.578. The molecule has 1 amide bonds. The van der Waals surface area contributed by atoms with E-state index in [1.807, 2.05) is 31.2 Å². The number of methoxy groups -OCH3 is 1. The summed E-state index contributed by atoms with van der Waals surface area (Å²) in [5.74, 6) is 1.25. The zero-order valence-electron chi connectivity index (χ0n) is 8.99. The summed E-state index contributed by atoms with van der Waals surface area (Å²) in [6, 6.07) is 8.14. The van der Waals surface area contributed by atoms with Crippen molar-refractivity contribution < 1.29 is 9.53 Å². The molecule has 15 heavy (non-hydrogen) atoms. The van der Waals surface area contributed by atoms with Crippen molar-refractivity contribution in [2.75, 3.05) is 7.11 Å². The van der Waals surface area contributed by atoms with Gasteiger partial charge in [-0.1, -0.05) is 12.1 Å². The molecule has 1 heterocycles. The van der Waals surface area contributed by atoms with E-state index in [-0.39, 0.29) is 17.9 Å². The molecule has 1 aromatic carbocycles. The van der Waals surface area contributed by atoms with Crippen molar-refractivity contribution in [1.82, 2.24) is 5.32 Å². The first-order valence-electron chi connectivity index (χ1n) is 5.14. The zero-order chi connectivity index (χ0) is 10.8. The van der Waals surface area contributed by atoms with Gasteiger partial charge in [-0.25, -0.2) is 0 Å². The van der Waals surface area contributed by atoms with Crippen molar-refractivity contribution in [3.8, 4) is 5.75 Å². The fourth-order valence-electron chi connectivity index (χ4n) is 2.07. The van der Waals surface area contributed by atoms with Gasteiger partial charge in [0.15, 0.2) is 0 Å². The fourth-order valence-corrected chi connectivity index (χ4v) is 2.07. The third kappa shape index (κ3) is 1.96. The van der Waals surface area contributed by atoms with Gasteiger partial charge in [-0.2, -0.15) is 0 Å². The van der Waals surface area contributed by atoms with Crippen LogP contribution in [-0.2, 0) is 4.79 Å². The minimum absolute atomic E-state index is 0.135. The Labute approximate surface area is 89.4 Å². The molecule has 0 spiro atoms. The Morgan fingerprint density at radius 1 is 1.47 bits per heavy atom. The number of amides is 1. The summed E-state index contributed by atoms with van der Waals surface area (Å²) >= 11 is 0. The molecule has 1 fully saturated rings. The third-order valence-electron chi connectivity index (χ3n) is 2.92. The molecule has 0 aromatic heterocycles. The van der Waals surface area contributed by atoms with Crippen molar-refractivity contribution >= 4 is 5.91 Å². The second-order valence-corrected chi connectivity index (χ2v) is 3.94. The number of hydrogen-bond donors (Lipinski definition) is 1. The minimum atomic E-state index is 0.135. The summed E-state index contributed by atoms with van der Waals surface area (Å²) in [4.78, 5) is 11.2. The molecule has 2 atom stereocenters. The molecule has 2 unspecified atom stereocenters. The van der Waals surface area contributed by atoms with Gasteiger partial charge in [-0.05, 0) is 24.6 Å². The van der Waals surface area contributed by atoms with Crippen LogP contribution in [0.2, 0.25) is 0 Å². The highest BCUT2D eigenvalue weighted by atomic mass is 16.5. The normalized spacial score (nSPS) is 25.1. The van der Waals surface area contributed by atoms with E-state index in [0.717, 1.165) is 5.75 Å². The van der Waals surface area contributed by atoms with E-state index in [4.69, 9.17) is 4.74 Å². The number of ether oxygens (including phenoxy) is 1. The lowest BCUT2D eigenvalue weighted by Crippen LogP contribution is -2.24. The van der Waals surface area contributed by atoms with Crippen molar-refractivity contribution in [1.29, 1.82) is 0 Å². The summed E-state index contributed by atoms with van der Waals surface area (Å²) in [5.41, 5.74) is 1.17. The number of rotatable bonds is 2. The van der Waals surface area contributed by atoms with Crippen molar-refractivity contribution in [2.24, 2.45) is 0 Å². The molecular weight excluding hydrogens is 190 g/mol. The highest BCUT2D eigenvalue weighted by Gasteiger charge is 2.30. The van der Waals surface area contributed by atoms with Crippen LogP contribution in [0.1, 0.15) is 24.8 Å². The Hall–Kier alpha value is -1.51. The van der Waals surface area contributed by atoms with Gasteiger partial charge in [0.2, 0.25) is 5.91 Å². The molecule has 0 saturated carbocycles. The molecule has 0 aliphatic carbocycles. The quantitative estimate of drug-likeness (QED) is 0.797. The van der Waals surface area contributed by atoms with Crippen molar-refractivity contribution in [3.05, 3.63) is 29.8 Å². The van der Waals surface area contributed by atoms with E-state index >= 15 is 0 Å². The maximum Gasteiger partial charge on any atom is 0.220 e. The largest absolute Gasteiger partial charge is 0.497 e. The second kappa shape index (κ2) is 3.93. The summed E-state index contributed by atoms with van der Waals surface area (Å²) in [5, 5.41) is 2.92. The van der Waals surface area contributed by atoms with Gasteiger partial charge in [0.1, 0.15) is 5.75 Å². The van der Waals surface area contributed by atoms with Crippen molar-refractivity contribution in [3.63, 3.8) is 0 Å². The fraction of sp³-hybridized carbons (Fsp3) is 0.417. The van der Waals surface area contributed by atoms with Crippen LogP contribution in [0.25, 0.3) is 0 Å². The predicted octanol–water partition coefficient (Wildman–Crippen LogP) is 1.69. The predicted molar refractivity (Wildman–Crippen MR) is 58.0 cm³/mol. The Morgan fingerprint density at radius 2 is 2.27 bits per heavy atom. The van der Waals surface area contributed by atoms with Gasteiger partial charge in [-0.3, -0.25) is 4.79 Å². The first-order chi connectivity index (χ1) is 7.20. The van der Waals surface area contributed by atoms with Crippen LogP contribution in [0.3, 0.4) is 0 Å². The van der Waals surface area contributed by atoms with Gasteiger partial charge in [0.25, 0.3) is 0 Å². The summed E-state index contributed by atoms with van der Waals surface area (Å²) in [7, 11) is 1.65. The third-order valence-corrected chi connectivity index (χ3v) is 2.92. The molecule has 0 bridgehead atoms. The van der Waals surface area contributed by atoms with Crippen LogP contribution in [0.15, 0.2) is 24.3 Å². The van der Waals surface area contributed by atoms with Crippen LogP contribution in [0.5, 0.6) is 5.75 Å². The lowest BCUT2D eigenvalue weighted by molar-refractivity contribution is -0.119. The Morgan fingerprint density at radius 3 is 2.87 bits per heavy atom. The molecule has 3 nitrogen and oxygen atoms in total. The van der Waals surface area contributed by atoms with Crippen LogP contribution in [-0.4, -0.2) is 19.1 Å². The van der Waals surface area contributed by atoms with E-state index in [1.165, 1.54) is 5.56 Å². The molecule has 0 radical (unpaired) electrons. The van der Waals surface area contributed by atoms with Crippen LogP contribution in [0.4, 0.5) is 0 Å². The zero-order valence-corrected chi connectivity index (χ0v) is 8.99. The molecule has 1 aliphatic heterocycles. The summed E-state index contributed by atoms with van der Waals surface area (Å²) < 4.78 is 5.17. The molecule has 1 N–H and O–H groups in total. The number of hydrogen-bond acceptors (Lipinski definition) is 2. The SMILES string of the molecule is COc1cccc(C2CC(=O)NC2C)c1. The molecule has 2 rings (SSSR count). The number of nitrogens with one attached hydrogen (secondary N) is 1. The van der Waals surface area contributed by atoms with Gasteiger partial charge >= 0.3 is 0 Å². The smallest absolute Gasteiger partial charge is 0.220 e. The molecular formula is C12H15NO2. The Kier molecular flexibility index (Phi) is 2.62. The van der Waals surface area contributed by atoms with Crippen LogP contribution < -0.4 is 10.1 Å². The van der Waals surface area contributed by atoms with Gasteiger partial charge < -0.3 is 10.1 Å². The van der Waals surface area contributed by atoms with Gasteiger partial charge in [0, 0.05) is 18.4 Å². The summed E-state index contributed by atoms with van der Waals surface area (Å²) in [6.45, 7) is 2.04. The first-order valence-corrected chi connectivity index (χ1v) is 5.14. The Bertz CT molecular complexity index is 376. The molecule has 1 saturated heterocycles. The number of carbonyl (C=O) groups is 1. The lowest BCUT2D eigenvalue weighted by atomic mass is 9.93.